The summed E-state index contributed by atoms with van der Waals surface area (Å²) in [7, 11) is 0. The molecular formula is C18H13N3O3S2. The third kappa shape index (κ3) is 3.16. The predicted molar refractivity (Wildman–Crippen MR) is 103 cm³/mol. The fraction of sp³-hybridized carbons (Fsp3) is 0.111. The molecule has 0 aliphatic rings. The quantitative estimate of drug-likeness (QED) is 0.530. The minimum absolute atomic E-state index is 0.295. The number of thiazole rings is 2. The summed E-state index contributed by atoms with van der Waals surface area (Å²) < 4.78 is 6.76. The Morgan fingerprint density at radius 2 is 1.85 bits per heavy atom. The number of nitrogens with zero attached hydrogens (tertiary/aromatic N) is 2. The molecule has 2 aromatic heterocycles. The van der Waals surface area contributed by atoms with E-state index in [0.29, 0.717) is 27.8 Å². The van der Waals surface area contributed by atoms with Crippen molar-refractivity contribution in [2.75, 3.05) is 11.9 Å². The highest BCUT2D eigenvalue weighted by Gasteiger charge is 2.15. The summed E-state index contributed by atoms with van der Waals surface area (Å²) in [4.78, 5) is 33.0. The van der Waals surface area contributed by atoms with Crippen LogP contribution in [0.2, 0.25) is 0 Å². The standard InChI is InChI=1S/C18H13N3O3S2/c1-2-24-17(23)10-7-8-12-14(9-10)26-18(20-12)21-15(22)16-19-11-5-3-4-6-13(11)25-16/h3-9H,2H2,1H3,(H,20,21,22). The van der Waals surface area contributed by atoms with Crippen molar-refractivity contribution >= 4 is 60.1 Å². The Kier molecular flexibility index (Phi) is 4.36. The van der Waals surface area contributed by atoms with Crippen LogP contribution in [0.3, 0.4) is 0 Å². The second kappa shape index (κ2) is 6.81. The maximum absolute atomic E-state index is 12.5. The van der Waals surface area contributed by atoms with Crippen LogP contribution in [0.1, 0.15) is 27.1 Å². The van der Waals surface area contributed by atoms with Gasteiger partial charge in [0.2, 0.25) is 0 Å². The summed E-state index contributed by atoms with van der Waals surface area (Å²) in [5.41, 5.74) is 1.97. The first-order valence-corrected chi connectivity index (χ1v) is 9.52. The maximum Gasteiger partial charge on any atom is 0.338 e. The maximum atomic E-state index is 12.5. The second-order valence-corrected chi connectivity index (χ2v) is 7.42. The van der Waals surface area contributed by atoms with Crippen LogP contribution in [0.4, 0.5) is 5.13 Å². The van der Waals surface area contributed by atoms with Gasteiger partial charge in [-0.05, 0) is 37.3 Å². The van der Waals surface area contributed by atoms with E-state index < -0.39 is 0 Å². The number of hydrogen-bond donors (Lipinski definition) is 1. The van der Waals surface area contributed by atoms with Crippen LogP contribution >= 0.6 is 22.7 Å². The number of carbonyl (C=O) groups is 2. The summed E-state index contributed by atoms with van der Waals surface area (Å²) in [6.45, 7) is 2.09. The van der Waals surface area contributed by atoms with Crippen molar-refractivity contribution in [3.8, 4) is 0 Å². The Morgan fingerprint density at radius 1 is 1.04 bits per heavy atom. The number of rotatable bonds is 4. The molecule has 8 heteroatoms. The molecule has 130 valence electrons. The lowest BCUT2D eigenvalue weighted by molar-refractivity contribution is 0.0526. The molecule has 26 heavy (non-hydrogen) atoms. The third-order valence-electron chi connectivity index (χ3n) is 3.61. The first kappa shape index (κ1) is 16.6. The van der Waals surface area contributed by atoms with Gasteiger partial charge in [0, 0.05) is 0 Å². The number of ether oxygens (including phenoxy) is 1. The molecule has 2 aromatic carbocycles. The topological polar surface area (TPSA) is 81.2 Å². The van der Waals surface area contributed by atoms with Crippen LogP contribution in [0.15, 0.2) is 42.5 Å². The van der Waals surface area contributed by atoms with E-state index >= 15 is 0 Å². The highest BCUT2D eigenvalue weighted by atomic mass is 32.1. The zero-order valence-corrected chi connectivity index (χ0v) is 15.3. The van der Waals surface area contributed by atoms with Crippen LogP contribution < -0.4 is 5.32 Å². The molecule has 0 radical (unpaired) electrons. The Hall–Kier alpha value is -2.84. The number of amides is 1. The Balaban J connectivity index is 1.58. The summed E-state index contributed by atoms with van der Waals surface area (Å²) in [5, 5.41) is 3.63. The largest absolute Gasteiger partial charge is 0.462 e. The van der Waals surface area contributed by atoms with Crippen molar-refractivity contribution in [3.63, 3.8) is 0 Å². The van der Waals surface area contributed by atoms with Crippen molar-refractivity contribution in [3.05, 3.63) is 53.0 Å². The monoisotopic (exact) mass is 383 g/mol. The normalized spacial score (nSPS) is 11.0. The van der Waals surface area contributed by atoms with Gasteiger partial charge in [0.05, 0.1) is 32.6 Å². The summed E-state index contributed by atoms with van der Waals surface area (Å²) in [6.07, 6.45) is 0. The van der Waals surface area contributed by atoms with E-state index in [9.17, 15) is 9.59 Å². The minimum Gasteiger partial charge on any atom is -0.462 e. The van der Waals surface area contributed by atoms with E-state index in [0.717, 1.165) is 14.9 Å². The van der Waals surface area contributed by atoms with E-state index in [2.05, 4.69) is 15.3 Å². The van der Waals surface area contributed by atoms with Crippen LogP contribution in [0.25, 0.3) is 20.4 Å². The van der Waals surface area contributed by atoms with Crippen molar-refractivity contribution in [2.45, 2.75) is 6.92 Å². The van der Waals surface area contributed by atoms with Gasteiger partial charge in [-0.2, -0.15) is 0 Å². The van der Waals surface area contributed by atoms with E-state index in [1.165, 1.54) is 22.7 Å². The number of fused-ring (bicyclic) bond motifs is 2. The zero-order valence-electron chi connectivity index (χ0n) is 13.7. The summed E-state index contributed by atoms with van der Waals surface area (Å²) in [6, 6.07) is 12.7. The molecule has 1 N–H and O–H groups in total. The van der Waals surface area contributed by atoms with Gasteiger partial charge in [0.25, 0.3) is 5.91 Å². The molecule has 0 aliphatic carbocycles. The van der Waals surface area contributed by atoms with Crippen LogP contribution in [-0.4, -0.2) is 28.5 Å². The molecule has 1 amide bonds. The van der Waals surface area contributed by atoms with Gasteiger partial charge < -0.3 is 4.74 Å². The van der Waals surface area contributed by atoms with Crippen molar-refractivity contribution in [1.29, 1.82) is 0 Å². The van der Waals surface area contributed by atoms with Crippen LogP contribution in [0.5, 0.6) is 0 Å². The number of carbonyl (C=O) groups excluding carboxylic acids is 2. The lowest BCUT2D eigenvalue weighted by Gasteiger charge is -2.00. The first-order valence-electron chi connectivity index (χ1n) is 7.88. The van der Waals surface area contributed by atoms with Crippen molar-refractivity contribution in [1.82, 2.24) is 9.97 Å². The van der Waals surface area contributed by atoms with Gasteiger partial charge in [-0.25, -0.2) is 14.8 Å². The minimum atomic E-state index is -0.372. The fourth-order valence-corrected chi connectivity index (χ4v) is 4.20. The highest BCUT2D eigenvalue weighted by Crippen LogP contribution is 2.28. The van der Waals surface area contributed by atoms with Gasteiger partial charge in [-0.1, -0.05) is 23.5 Å². The molecule has 4 rings (SSSR count). The third-order valence-corrected chi connectivity index (χ3v) is 5.58. The van der Waals surface area contributed by atoms with Crippen LogP contribution in [-0.2, 0) is 4.74 Å². The van der Waals surface area contributed by atoms with Crippen molar-refractivity contribution < 1.29 is 14.3 Å². The molecule has 0 fully saturated rings. The zero-order chi connectivity index (χ0) is 18.1. The molecule has 0 aliphatic heterocycles. The number of anilines is 1. The SMILES string of the molecule is CCOC(=O)c1ccc2nc(NC(=O)c3nc4ccccc4s3)sc2c1. The molecule has 2 heterocycles. The number of aromatic nitrogens is 2. The van der Waals surface area contributed by atoms with E-state index in [4.69, 9.17) is 4.74 Å². The molecule has 4 aromatic rings. The average molecular weight is 383 g/mol. The number of hydrogen-bond acceptors (Lipinski definition) is 7. The molecule has 0 saturated heterocycles. The molecule has 6 nitrogen and oxygen atoms in total. The molecule has 0 saturated carbocycles. The highest BCUT2D eigenvalue weighted by molar-refractivity contribution is 7.22. The lowest BCUT2D eigenvalue weighted by Crippen LogP contribution is -2.10. The van der Waals surface area contributed by atoms with E-state index in [1.807, 2.05) is 24.3 Å². The smallest absolute Gasteiger partial charge is 0.338 e. The first-order chi connectivity index (χ1) is 12.6. The average Bonchev–Trinajstić information content (AvgIpc) is 3.24. The van der Waals surface area contributed by atoms with Gasteiger partial charge in [0.15, 0.2) is 10.1 Å². The lowest BCUT2D eigenvalue weighted by atomic mass is 10.2. The Labute approximate surface area is 156 Å². The predicted octanol–water partition coefficient (Wildman–Crippen LogP) is 4.34. The number of esters is 1. The van der Waals surface area contributed by atoms with Crippen molar-refractivity contribution in [2.24, 2.45) is 0 Å². The van der Waals surface area contributed by atoms with Gasteiger partial charge in [0.1, 0.15) is 0 Å². The molecule has 0 spiro atoms. The Bertz CT molecular complexity index is 1100. The summed E-state index contributed by atoms with van der Waals surface area (Å²) >= 11 is 2.64. The molecule has 0 bridgehead atoms. The molecular weight excluding hydrogens is 370 g/mol. The number of para-hydroxylation sites is 1. The summed E-state index contributed by atoms with van der Waals surface area (Å²) in [5.74, 6) is -0.668. The van der Waals surface area contributed by atoms with E-state index in [1.54, 1.807) is 25.1 Å². The van der Waals surface area contributed by atoms with Gasteiger partial charge >= 0.3 is 5.97 Å². The van der Waals surface area contributed by atoms with Crippen LogP contribution in [0, 0.1) is 0 Å². The number of benzene rings is 2. The molecule has 0 atom stereocenters. The fourth-order valence-electron chi connectivity index (χ4n) is 2.44. The van der Waals surface area contributed by atoms with E-state index in [-0.39, 0.29) is 11.9 Å². The number of nitrogens with one attached hydrogen (secondary N) is 1. The van der Waals surface area contributed by atoms with Gasteiger partial charge in [-0.3, -0.25) is 10.1 Å². The molecule has 0 unspecified atom stereocenters. The van der Waals surface area contributed by atoms with Gasteiger partial charge in [-0.15, -0.1) is 11.3 Å². The Morgan fingerprint density at radius 3 is 2.65 bits per heavy atom. The second-order valence-electron chi connectivity index (χ2n) is 5.36.